The third-order valence-electron chi connectivity index (χ3n) is 4.24. The molecule has 1 fully saturated rings. The fourth-order valence-corrected chi connectivity index (χ4v) is 2.78. The first-order valence-corrected chi connectivity index (χ1v) is 8.44. The average molecular weight is 362 g/mol. The number of amides is 1. The number of nitrogens with one attached hydrogen (secondary N) is 2. The molecule has 1 heterocycles. The van der Waals surface area contributed by atoms with Crippen molar-refractivity contribution in [2.45, 2.75) is 19.3 Å². The number of carbonyl (C=O) groups is 1. The molecule has 0 atom stereocenters. The highest BCUT2D eigenvalue weighted by atomic mass is 35.5. The maximum atomic E-state index is 11.9. The predicted octanol–water partition coefficient (Wildman–Crippen LogP) is 4.23. The largest absolute Gasteiger partial charge is 0.495 e. The van der Waals surface area contributed by atoms with Gasteiger partial charge in [0.2, 0.25) is 5.91 Å². The Balaban J connectivity index is 1.71. The molecule has 1 aliphatic rings. The number of benzene rings is 1. The van der Waals surface area contributed by atoms with Crippen LogP contribution in [0.2, 0.25) is 5.02 Å². The van der Waals surface area contributed by atoms with Crippen molar-refractivity contribution in [3.05, 3.63) is 35.5 Å². The van der Waals surface area contributed by atoms with Crippen LogP contribution in [0.25, 0.3) is 0 Å². The van der Waals surface area contributed by atoms with Gasteiger partial charge in [0.05, 0.1) is 36.8 Å². The normalized spacial score (nSPS) is 13.7. The third-order valence-corrected chi connectivity index (χ3v) is 4.54. The van der Waals surface area contributed by atoms with Gasteiger partial charge >= 0.3 is 0 Å². The lowest BCUT2D eigenvalue weighted by Gasteiger charge is -2.23. The number of anilines is 3. The van der Waals surface area contributed by atoms with Crippen molar-refractivity contribution in [2.24, 2.45) is 5.92 Å². The second-order valence-corrected chi connectivity index (χ2v) is 6.27. The first kappa shape index (κ1) is 17.4. The van der Waals surface area contributed by atoms with Gasteiger partial charge in [0.25, 0.3) is 0 Å². The summed E-state index contributed by atoms with van der Waals surface area (Å²) in [5.41, 5.74) is 1.46. The summed E-state index contributed by atoms with van der Waals surface area (Å²) < 4.78 is 10.6. The summed E-state index contributed by atoms with van der Waals surface area (Å²) in [6, 6.07) is 7.04. The Hall–Kier alpha value is -2.47. The van der Waals surface area contributed by atoms with Gasteiger partial charge in [-0.05, 0) is 25.0 Å². The second-order valence-electron chi connectivity index (χ2n) is 5.86. The number of methoxy groups -OCH3 is 2. The minimum absolute atomic E-state index is 0.0450. The first-order valence-electron chi connectivity index (χ1n) is 8.06. The quantitative estimate of drug-likeness (QED) is 0.805. The molecule has 25 heavy (non-hydrogen) atoms. The van der Waals surface area contributed by atoms with E-state index >= 15 is 0 Å². The molecule has 0 spiro atoms. The lowest BCUT2D eigenvalue weighted by atomic mass is 9.85. The summed E-state index contributed by atoms with van der Waals surface area (Å²) >= 11 is 6.11. The van der Waals surface area contributed by atoms with Crippen LogP contribution in [-0.2, 0) is 4.79 Å². The van der Waals surface area contributed by atoms with E-state index in [1.807, 2.05) is 6.07 Å². The van der Waals surface area contributed by atoms with Crippen molar-refractivity contribution < 1.29 is 14.3 Å². The summed E-state index contributed by atoms with van der Waals surface area (Å²) in [7, 11) is 3.12. The molecule has 0 aliphatic heterocycles. The molecule has 0 bridgehead atoms. The highest BCUT2D eigenvalue weighted by molar-refractivity contribution is 6.32. The lowest BCUT2D eigenvalue weighted by Crippen LogP contribution is -2.28. The van der Waals surface area contributed by atoms with Crippen molar-refractivity contribution in [1.29, 1.82) is 0 Å². The van der Waals surface area contributed by atoms with Crippen LogP contribution in [0.1, 0.15) is 19.3 Å². The highest BCUT2D eigenvalue weighted by Gasteiger charge is 2.25. The summed E-state index contributed by atoms with van der Waals surface area (Å²) in [4.78, 5) is 16.2. The zero-order valence-electron chi connectivity index (χ0n) is 14.1. The molecule has 1 aliphatic carbocycles. The average Bonchev–Trinajstić information content (AvgIpc) is 2.56. The molecular weight excluding hydrogens is 342 g/mol. The van der Waals surface area contributed by atoms with E-state index in [1.54, 1.807) is 38.6 Å². The minimum atomic E-state index is 0.0450. The number of halogens is 1. The Kier molecular flexibility index (Phi) is 5.28. The number of carbonyl (C=O) groups excluding carboxylic acids is 1. The van der Waals surface area contributed by atoms with Crippen LogP contribution in [0.4, 0.5) is 17.2 Å². The molecule has 2 N–H and O–H groups in total. The standard InChI is InChI=1S/C18H20ClN3O3/c1-24-15-9-14(16(25-2)8-13(15)19)21-12-6-7-17(20-10-12)22-18(23)11-4-3-5-11/h6-11,21H,3-5H2,1-2H3,(H,20,22,23). The maximum absolute atomic E-state index is 11.9. The molecule has 0 unspecified atom stereocenters. The van der Waals surface area contributed by atoms with Gasteiger partial charge in [-0.2, -0.15) is 0 Å². The van der Waals surface area contributed by atoms with E-state index in [1.165, 1.54) is 0 Å². The third kappa shape index (κ3) is 3.96. The van der Waals surface area contributed by atoms with Gasteiger partial charge in [0.15, 0.2) is 0 Å². The fraction of sp³-hybridized carbons (Fsp3) is 0.333. The van der Waals surface area contributed by atoms with Crippen molar-refractivity contribution in [2.75, 3.05) is 24.9 Å². The van der Waals surface area contributed by atoms with Gasteiger partial charge in [-0.3, -0.25) is 4.79 Å². The molecule has 1 aromatic heterocycles. The zero-order valence-corrected chi connectivity index (χ0v) is 14.9. The molecule has 6 nitrogen and oxygen atoms in total. The number of hydrogen-bond donors (Lipinski definition) is 2. The monoisotopic (exact) mass is 361 g/mol. The summed E-state index contributed by atoms with van der Waals surface area (Å²) in [5, 5.41) is 6.52. The van der Waals surface area contributed by atoms with Crippen LogP contribution < -0.4 is 20.1 Å². The Labute approximate surface area is 151 Å². The van der Waals surface area contributed by atoms with E-state index in [2.05, 4.69) is 15.6 Å². The zero-order chi connectivity index (χ0) is 17.8. The predicted molar refractivity (Wildman–Crippen MR) is 98.0 cm³/mol. The number of ether oxygens (including phenoxy) is 2. The SMILES string of the molecule is COc1cc(Nc2ccc(NC(=O)C3CCC3)nc2)c(OC)cc1Cl. The van der Waals surface area contributed by atoms with Crippen LogP contribution >= 0.6 is 11.6 Å². The van der Waals surface area contributed by atoms with Crippen LogP contribution in [-0.4, -0.2) is 25.1 Å². The van der Waals surface area contributed by atoms with Crippen molar-refractivity contribution in [1.82, 2.24) is 4.98 Å². The molecule has 0 saturated heterocycles. The molecule has 1 amide bonds. The van der Waals surface area contributed by atoms with Crippen LogP contribution in [0.15, 0.2) is 30.5 Å². The summed E-state index contributed by atoms with van der Waals surface area (Å²) in [6.07, 6.45) is 4.70. The van der Waals surface area contributed by atoms with E-state index in [9.17, 15) is 4.79 Å². The van der Waals surface area contributed by atoms with Crippen LogP contribution in [0.5, 0.6) is 11.5 Å². The van der Waals surface area contributed by atoms with Gasteiger partial charge in [-0.15, -0.1) is 0 Å². The number of nitrogens with zero attached hydrogens (tertiary/aromatic N) is 1. The van der Waals surface area contributed by atoms with Gasteiger partial charge in [-0.25, -0.2) is 4.98 Å². The molecular formula is C18H20ClN3O3. The first-order chi connectivity index (χ1) is 12.1. The number of hydrogen-bond acceptors (Lipinski definition) is 5. The molecule has 2 aromatic rings. The van der Waals surface area contributed by atoms with E-state index in [0.717, 1.165) is 24.9 Å². The smallest absolute Gasteiger partial charge is 0.228 e. The van der Waals surface area contributed by atoms with E-state index < -0.39 is 0 Å². The van der Waals surface area contributed by atoms with Crippen molar-refractivity contribution >= 4 is 34.7 Å². The van der Waals surface area contributed by atoms with E-state index in [4.69, 9.17) is 21.1 Å². The molecule has 7 heteroatoms. The molecule has 3 rings (SSSR count). The molecule has 132 valence electrons. The van der Waals surface area contributed by atoms with Crippen LogP contribution in [0, 0.1) is 5.92 Å². The van der Waals surface area contributed by atoms with Gasteiger partial charge in [-0.1, -0.05) is 18.0 Å². The lowest BCUT2D eigenvalue weighted by molar-refractivity contribution is -0.122. The fourth-order valence-electron chi connectivity index (χ4n) is 2.55. The van der Waals surface area contributed by atoms with Crippen molar-refractivity contribution in [3.8, 4) is 11.5 Å². The van der Waals surface area contributed by atoms with Crippen molar-refractivity contribution in [3.63, 3.8) is 0 Å². The molecule has 1 aromatic carbocycles. The van der Waals surface area contributed by atoms with E-state index in [-0.39, 0.29) is 11.8 Å². The van der Waals surface area contributed by atoms with E-state index in [0.29, 0.717) is 28.0 Å². The summed E-state index contributed by atoms with van der Waals surface area (Å²) in [6.45, 7) is 0. The van der Waals surface area contributed by atoms with Gasteiger partial charge in [0, 0.05) is 18.1 Å². The van der Waals surface area contributed by atoms with Crippen LogP contribution in [0.3, 0.4) is 0 Å². The molecule has 1 saturated carbocycles. The Bertz CT molecular complexity index is 761. The van der Waals surface area contributed by atoms with Gasteiger partial charge < -0.3 is 20.1 Å². The minimum Gasteiger partial charge on any atom is -0.495 e. The Morgan fingerprint density at radius 3 is 2.52 bits per heavy atom. The Morgan fingerprint density at radius 2 is 1.96 bits per heavy atom. The molecule has 0 radical (unpaired) electrons. The highest BCUT2D eigenvalue weighted by Crippen LogP contribution is 2.37. The number of aromatic nitrogens is 1. The maximum Gasteiger partial charge on any atom is 0.228 e. The van der Waals surface area contributed by atoms with Gasteiger partial charge in [0.1, 0.15) is 17.3 Å². The topological polar surface area (TPSA) is 72.5 Å². The summed E-state index contributed by atoms with van der Waals surface area (Å²) in [5.74, 6) is 1.85. The number of rotatable bonds is 6. The second kappa shape index (κ2) is 7.61. The Morgan fingerprint density at radius 1 is 1.20 bits per heavy atom. The number of pyridine rings is 1.